The molecule has 5 nitrogen and oxygen atoms in total. The highest BCUT2D eigenvalue weighted by Gasteiger charge is 2.17. The molecule has 1 heterocycles. The average molecular weight is 398 g/mol. The molecular weight excluding hydrogens is 382 g/mol. The van der Waals surface area contributed by atoms with Gasteiger partial charge >= 0.3 is 0 Å². The number of benzene rings is 2. The topological polar surface area (TPSA) is 70.6 Å². The summed E-state index contributed by atoms with van der Waals surface area (Å²) >= 11 is 7.55. The molecule has 136 valence electrons. The third kappa shape index (κ3) is 5.03. The minimum absolute atomic E-state index is 0.191. The van der Waals surface area contributed by atoms with Gasteiger partial charge in [0.15, 0.2) is 0 Å². The van der Waals surface area contributed by atoms with Crippen molar-refractivity contribution in [3.8, 4) is 0 Å². The molecule has 7 heteroatoms. The fourth-order valence-corrected chi connectivity index (χ4v) is 3.74. The van der Waals surface area contributed by atoms with E-state index in [4.69, 9.17) is 11.6 Å². The second-order valence-electron chi connectivity index (χ2n) is 5.51. The van der Waals surface area contributed by atoms with Crippen LogP contribution < -0.4 is 10.7 Å². The summed E-state index contributed by atoms with van der Waals surface area (Å²) in [5.41, 5.74) is 3.38. The van der Waals surface area contributed by atoms with Gasteiger partial charge in [0.05, 0.1) is 11.6 Å². The van der Waals surface area contributed by atoms with Crippen LogP contribution in [0.4, 0.5) is 0 Å². The number of allylic oxidation sites excluding steroid dienone is 1. The zero-order valence-corrected chi connectivity index (χ0v) is 15.8. The van der Waals surface area contributed by atoms with Crippen LogP contribution in [0.1, 0.15) is 15.2 Å². The summed E-state index contributed by atoms with van der Waals surface area (Å²) in [5.74, 6) is -0.811. The van der Waals surface area contributed by atoms with Crippen LogP contribution in [-0.2, 0) is 4.79 Å². The average Bonchev–Trinajstić information content (AvgIpc) is 3.04. The van der Waals surface area contributed by atoms with E-state index >= 15 is 0 Å². The molecule has 2 aromatic carbocycles. The summed E-state index contributed by atoms with van der Waals surface area (Å²) in [7, 11) is 0. The van der Waals surface area contributed by atoms with Crippen molar-refractivity contribution in [3.63, 3.8) is 0 Å². The van der Waals surface area contributed by atoms with E-state index in [0.29, 0.717) is 9.90 Å². The number of hydrazone groups is 1. The van der Waals surface area contributed by atoms with Crippen LogP contribution in [0.3, 0.4) is 0 Å². The monoisotopic (exact) mass is 397 g/mol. The first-order valence-electron chi connectivity index (χ1n) is 8.14. The predicted molar refractivity (Wildman–Crippen MR) is 111 cm³/mol. The van der Waals surface area contributed by atoms with Crippen molar-refractivity contribution in [1.82, 2.24) is 10.7 Å². The molecule has 3 aromatic rings. The lowest BCUT2D eigenvalue weighted by Gasteiger charge is -2.02. The highest BCUT2D eigenvalue weighted by molar-refractivity contribution is 7.21. The summed E-state index contributed by atoms with van der Waals surface area (Å²) in [6.07, 6.45) is 5.04. The molecule has 0 atom stereocenters. The number of halogens is 1. The van der Waals surface area contributed by atoms with E-state index in [1.165, 1.54) is 17.6 Å². The molecule has 1 aromatic heterocycles. The van der Waals surface area contributed by atoms with Crippen molar-refractivity contribution in [3.05, 3.63) is 76.1 Å². The Kier molecular flexibility index (Phi) is 6.35. The Hall–Kier alpha value is -2.96. The number of carbonyl (C=O) groups is 2. The minimum atomic E-state index is -0.426. The zero-order valence-electron chi connectivity index (χ0n) is 14.2. The number of rotatable bonds is 6. The highest BCUT2D eigenvalue weighted by atomic mass is 35.5. The van der Waals surface area contributed by atoms with Crippen molar-refractivity contribution in [2.75, 3.05) is 6.54 Å². The van der Waals surface area contributed by atoms with E-state index in [1.54, 1.807) is 6.08 Å². The minimum Gasteiger partial charge on any atom is -0.342 e. The fraction of sp³-hybridized carbons (Fsp3) is 0.0500. The van der Waals surface area contributed by atoms with E-state index < -0.39 is 5.91 Å². The van der Waals surface area contributed by atoms with Crippen LogP contribution in [0.25, 0.3) is 16.2 Å². The normalized spacial score (nSPS) is 11.3. The van der Waals surface area contributed by atoms with Gasteiger partial charge in [0.2, 0.25) is 0 Å². The lowest BCUT2D eigenvalue weighted by atomic mass is 10.2. The standard InChI is InChI=1S/C20H16ClN3O2S/c21-18-15-10-4-5-11-16(15)27-19(18)20(26)22-13-17(25)24-23-12-6-9-14-7-2-1-3-8-14/h1-12H,13H2,(H,22,26)(H,24,25)/b9-6+,23-12+. The third-order valence-corrected chi connectivity index (χ3v) is 5.26. The highest BCUT2D eigenvalue weighted by Crippen LogP contribution is 2.34. The van der Waals surface area contributed by atoms with Gasteiger partial charge in [-0.05, 0) is 17.7 Å². The molecule has 0 fully saturated rings. The number of carbonyl (C=O) groups excluding carboxylic acids is 2. The Balaban J connectivity index is 1.48. The Morgan fingerprint density at radius 2 is 1.81 bits per heavy atom. The summed E-state index contributed by atoms with van der Waals surface area (Å²) < 4.78 is 0.923. The van der Waals surface area contributed by atoms with E-state index in [9.17, 15) is 9.59 Å². The van der Waals surface area contributed by atoms with Crippen molar-refractivity contribution in [2.24, 2.45) is 5.10 Å². The number of thiophene rings is 1. The van der Waals surface area contributed by atoms with Gasteiger partial charge in [0.1, 0.15) is 4.88 Å². The maximum absolute atomic E-state index is 12.3. The van der Waals surface area contributed by atoms with Gasteiger partial charge in [-0.2, -0.15) is 5.10 Å². The van der Waals surface area contributed by atoms with Gasteiger partial charge in [0.25, 0.3) is 11.8 Å². The number of hydrogen-bond donors (Lipinski definition) is 2. The molecule has 3 rings (SSSR count). The number of nitrogens with zero attached hydrogens (tertiary/aromatic N) is 1. The first-order valence-corrected chi connectivity index (χ1v) is 9.33. The van der Waals surface area contributed by atoms with Gasteiger partial charge in [-0.25, -0.2) is 5.43 Å². The van der Waals surface area contributed by atoms with E-state index in [1.807, 2.05) is 60.7 Å². The molecule has 0 saturated carbocycles. The molecule has 27 heavy (non-hydrogen) atoms. The van der Waals surface area contributed by atoms with Crippen LogP contribution in [0, 0.1) is 0 Å². The molecule has 0 aliphatic heterocycles. The number of hydrogen-bond acceptors (Lipinski definition) is 4. The van der Waals surface area contributed by atoms with Gasteiger partial charge in [-0.3, -0.25) is 9.59 Å². The lowest BCUT2D eigenvalue weighted by molar-refractivity contribution is -0.120. The summed E-state index contributed by atoms with van der Waals surface area (Å²) in [5, 5.41) is 7.58. The van der Waals surface area contributed by atoms with Crippen LogP contribution in [0.2, 0.25) is 5.02 Å². The largest absolute Gasteiger partial charge is 0.342 e. The Morgan fingerprint density at radius 3 is 2.59 bits per heavy atom. The van der Waals surface area contributed by atoms with Crippen molar-refractivity contribution < 1.29 is 9.59 Å². The molecule has 0 bridgehead atoms. The van der Waals surface area contributed by atoms with Crippen LogP contribution >= 0.6 is 22.9 Å². The van der Waals surface area contributed by atoms with Crippen molar-refractivity contribution in [1.29, 1.82) is 0 Å². The first-order chi connectivity index (χ1) is 13.1. The summed E-state index contributed by atoms with van der Waals surface area (Å²) in [6.45, 7) is -0.191. The predicted octanol–water partition coefficient (Wildman–Crippen LogP) is 4.10. The Labute approximate surface area is 165 Å². The molecule has 0 aliphatic carbocycles. The van der Waals surface area contributed by atoms with E-state index in [0.717, 1.165) is 15.6 Å². The smallest absolute Gasteiger partial charge is 0.263 e. The molecule has 0 saturated heterocycles. The Morgan fingerprint density at radius 1 is 1.07 bits per heavy atom. The number of fused-ring (bicyclic) bond motifs is 1. The van der Waals surface area contributed by atoms with Crippen molar-refractivity contribution >= 4 is 57.1 Å². The van der Waals surface area contributed by atoms with Gasteiger partial charge < -0.3 is 5.32 Å². The lowest BCUT2D eigenvalue weighted by Crippen LogP contribution is -2.34. The van der Waals surface area contributed by atoms with E-state index in [2.05, 4.69) is 15.8 Å². The third-order valence-electron chi connectivity index (χ3n) is 3.59. The molecule has 2 N–H and O–H groups in total. The van der Waals surface area contributed by atoms with Crippen LogP contribution in [0.5, 0.6) is 0 Å². The van der Waals surface area contributed by atoms with Gasteiger partial charge in [0, 0.05) is 16.3 Å². The van der Waals surface area contributed by atoms with Crippen LogP contribution in [0.15, 0.2) is 65.8 Å². The van der Waals surface area contributed by atoms with Gasteiger partial charge in [-0.1, -0.05) is 66.2 Å². The van der Waals surface area contributed by atoms with E-state index in [-0.39, 0.29) is 12.5 Å². The molecular formula is C20H16ClN3O2S. The van der Waals surface area contributed by atoms with Crippen LogP contribution in [-0.4, -0.2) is 24.6 Å². The zero-order chi connectivity index (χ0) is 19.1. The Bertz CT molecular complexity index is 1010. The number of amides is 2. The second kappa shape index (κ2) is 9.12. The number of nitrogens with one attached hydrogen (secondary N) is 2. The molecule has 0 radical (unpaired) electrons. The SMILES string of the molecule is O=C(CNC(=O)c1sc2ccccc2c1Cl)N/N=C/C=C/c1ccccc1. The summed E-state index contributed by atoms with van der Waals surface area (Å²) in [6, 6.07) is 17.2. The maximum atomic E-state index is 12.3. The molecule has 2 amide bonds. The maximum Gasteiger partial charge on any atom is 0.263 e. The quantitative estimate of drug-likeness (QED) is 0.485. The van der Waals surface area contributed by atoms with Crippen molar-refractivity contribution in [2.45, 2.75) is 0 Å². The summed E-state index contributed by atoms with van der Waals surface area (Å²) in [4.78, 5) is 24.4. The fourth-order valence-electron chi connectivity index (χ4n) is 2.31. The second-order valence-corrected chi connectivity index (χ2v) is 6.94. The molecule has 0 spiro atoms. The molecule has 0 aliphatic rings. The first kappa shape index (κ1) is 18.8. The van der Waals surface area contributed by atoms with Gasteiger partial charge in [-0.15, -0.1) is 11.3 Å². The molecule has 0 unspecified atom stereocenters.